The number of esters is 1. The van der Waals surface area contributed by atoms with Crippen LogP contribution in [0.1, 0.15) is 28.5 Å². The van der Waals surface area contributed by atoms with E-state index in [0.29, 0.717) is 13.2 Å². The Morgan fingerprint density at radius 1 is 1.47 bits per heavy atom. The maximum atomic E-state index is 11.4. The van der Waals surface area contributed by atoms with Crippen molar-refractivity contribution < 1.29 is 19.4 Å². The molecule has 0 fully saturated rings. The van der Waals surface area contributed by atoms with E-state index in [1.807, 2.05) is 4.90 Å². The van der Waals surface area contributed by atoms with Crippen LogP contribution < -0.4 is 0 Å². The minimum absolute atomic E-state index is 0.0672. The summed E-state index contributed by atoms with van der Waals surface area (Å²) in [5.74, 6) is -1.25. The van der Waals surface area contributed by atoms with Gasteiger partial charge < -0.3 is 9.84 Å². The molecule has 0 saturated heterocycles. The van der Waals surface area contributed by atoms with Gasteiger partial charge in [0.15, 0.2) is 0 Å². The summed E-state index contributed by atoms with van der Waals surface area (Å²) < 4.78 is 4.91. The lowest BCUT2D eigenvalue weighted by molar-refractivity contribution is -0.144. The van der Waals surface area contributed by atoms with E-state index in [1.165, 1.54) is 0 Å². The summed E-state index contributed by atoms with van der Waals surface area (Å²) in [5.41, 5.74) is 2.03. The minimum Gasteiger partial charge on any atom is -0.477 e. The molecule has 1 aromatic heterocycles. The average Bonchev–Trinajstić information content (AvgIpc) is 2.38. The maximum Gasteiger partial charge on any atom is 0.354 e. The average molecular weight is 264 g/mol. The molecule has 1 aliphatic heterocycles. The first-order valence-electron chi connectivity index (χ1n) is 6.19. The number of carboxylic acids is 1. The van der Waals surface area contributed by atoms with Gasteiger partial charge in [0.25, 0.3) is 0 Å². The van der Waals surface area contributed by atoms with E-state index in [9.17, 15) is 9.59 Å². The van der Waals surface area contributed by atoms with Gasteiger partial charge in [-0.25, -0.2) is 9.78 Å². The van der Waals surface area contributed by atoms with Gasteiger partial charge in [0.2, 0.25) is 0 Å². The molecule has 0 radical (unpaired) electrons. The molecule has 0 saturated carbocycles. The van der Waals surface area contributed by atoms with Crippen LogP contribution in [0.15, 0.2) is 12.3 Å². The molecule has 102 valence electrons. The summed E-state index contributed by atoms with van der Waals surface area (Å²) in [6.45, 7) is 3.73. The predicted octanol–water partition coefficient (Wildman–Crippen LogP) is 0.701. The molecule has 0 atom stereocenters. The number of ether oxygens (including phenoxy) is 1. The third-order valence-electron chi connectivity index (χ3n) is 3.05. The lowest BCUT2D eigenvalue weighted by Gasteiger charge is -2.27. The number of hydrogen-bond acceptors (Lipinski definition) is 5. The van der Waals surface area contributed by atoms with Crippen molar-refractivity contribution in [1.82, 2.24) is 9.88 Å². The van der Waals surface area contributed by atoms with E-state index < -0.39 is 5.97 Å². The molecule has 0 unspecified atom stereocenters. The van der Waals surface area contributed by atoms with Crippen molar-refractivity contribution in [2.75, 3.05) is 19.7 Å². The Balaban J connectivity index is 2.04. The second-order valence-corrected chi connectivity index (χ2v) is 4.41. The van der Waals surface area contributed by atoms with Crippen molar-refractivity contribution >= 4 is 11.9 Å². The van der Waals surface area contributed by atoms with Crippen molar-refractivity contribution in [3.8, 4) is 0 Å². The van der Waals surface area contributed by atoms with Gasteiger partial charge in [0, 0.05) is 19.3 Å². The first-order valence-corrected chi connectivity index (χ1v) is 6.19. The van der Waals surface area contributed by atoms with Gasteiger partial charge in [-0.15, -0.1) is 0 Å². The third-order valence-corrected chi connectivity index (χ3v) is 3.05. The van der Waals surface area contributed by atoms with Crippen molar-refractivity contribution in [1.29, 1.82) is 0 Å². The molecule has 2 rings (SSSR count). The van der Waals surface area contributed by atoms with E-state index >= 15 is 0 Å². The van der Waals surface area contributed by atoms with E-state index in [-0.39, 0.29) is 18.2 Å². The van der Waals surface area contributed by atoms with Crippen LogP contribution in [0.2, 0.25) is 0 Å². The summed E-state index contributed by atoms with van der Waals surface area (Å²) in [5, 5.41) is 8.88. The molecule has 6 heteroatoms. The van der Waals surface area contributed by atoms with Crippen LogP contribution in [-0.4, -0.2) is 46.6 Å². The second kappa shape index (κ2) is 5.79. The van der Waals surface area contributed by atoms with Crippen LogP contribution in [0.5, 0.6) is 0 Å². The Bertz CT molecular complexity index is 501. The van der Waals surface area contributed by atoms with Crippen molar-refractivity contribution in [2.45, 2.75) is 19.9 Å². The number of aromatic nitrogens is 1. The number of aromatic carboxylic acids is 1. The number of carbonyl (C=O) groups is 2. The quantitative estimate of drug-likeness (QED) is 0.806. The number of nitrogens with zero attached hydrogens (tertiary/aromatic N) is 2. The number of rotatable bonds is 4. The predicted molar refractivity (Wildman–Crippen MR) is 66.8 cm³/mol. The molecule has 1 N–H and O–H groups in total. The molecule has 6 nitrogen and oxygen atoms in total. The summed E-state index contributed by atoms with van der Waals surface area (Å²) >= 11 is 0. The Morgan fingerprint density at radius 2 is 2.26 bits per heavy atom. The molecule has 2 heterocycles. The largest absolute Gasteiger partial charge is 0.477 e. The third kappa shape index (κ3) is 3.29. The zero-order valence-electron chi connectivity index (χ0n) is 10.8. The molecular weight excluding hydrogens is 248 g/mol. The Hall–Kier alpha value is -1.95. The number of pyridine rings is 1. The smallest absolute Gasteiger partial charge is 0.354 e. The van der Waals surface area contributed by atoms with E-state index in [2.05, 4.69) is 4.98 Å². The fourth-order valence-electron chi connectivity index (χ4n) is 2.14. The molecule has 0 bridgehead atoms. The zero-order chi connectivity index (χ0) is 13.8. The van der Waals surface area contributed by atoms with Crippen molar-refractivity contribution in [3.63, 3.8) is 0 Å². The summed E-state index contributed by atoms with van der Waals surface area (Å²) in [7, 11) is 0. The lowest BCUT2D eigenvalue weighted by Crippen LogP contribution is -2.35. The van der Waals surface area contributed by atoms with E-state index in [1.54, 1.807) is 19.2 Å². The van der Waals surface area contributed by atoms with Crippen molar-refractivity contribution in [2.24, 2.45) is 0 Å². The van der Waals surface area contributed by atoms with E-state index in [4.69, 9.17) is 9.84 Å². The minimum atomic E-state index is -1.02. The summed E-state index contributed by atoms with van der Waals surface area (Å²) in [6, 6.07) is 1.61. The highest BCUT2D eigenvalue weighted by molar-refractivity contribution is 5.85. The van der Waals surface area contributed by atoms with Gasteiger partial charge >= 0.3 is 11.9 Å². The van der Waals surface area contributed by atoms with Gasteiger partial charge in [-0.05, 0) is 30.5 Å². The van der Waals surface area contributed by atoms with Crippen LogP contribution in [0.3, 0.4) is 0 Å². The van der Waals surface area contributed by atoms with E-state index in [0.717, 1.165) is 24.1 Å². The van der Waals surface area contributed by atoms with Gasteiger partial charge in [0.05, 0.1) is 13.2 Å². The van der Waals surface area contributed by atoms with Crippen LogP contribution in [0, 0.1) is 0 Å². The Kier molecular flexibility index (Phi) is 4.11. The molecular formula is C13H16N2O4. The highest BCUT2D eigenvalue weighted by Crippen LogP contribution is 2.18. The van der Waals surface area contributed by atoms with Crippen LogP contribution >= 0.6 is 0 Å². The van der Waals surface area contributed by atoms with Crippen LogP contribution in [0.4, 0.5) is 0 Å². The fourth-order valence-corrected chi connectivity index (χ4v) is 2.14. The monoisotopic (exact) mass is 264 g/mol. The topological polar surface area (TPSA) is 79.7 Å². The van der Waals surface area contributed by atoms with Gasteiger partial charge in [-0.2, -0.15) is 0 Å². The lowest BCUT2D eigenvalue weighted by atomic mass is 10.0. The zero-order valence-corrected chi connectivity index (χ0v) is 10.8. The van der Waals surface area contributed by atoms with Crippen LogP contribution in [0.25, 0.3) is 0 Å². The number of carboxylic acid groups (broad SMARTS) is 1. The van der Waals surface area contributed by atoms with Gasteiger partial charge in [-0.3, -0.25) is 9.69 Å². The molecule has 0 aliphatic carbocycles. The summed E-state index contributed by atoms with van der Waals surface area (Å²) in [6.07, 6.45) is 2.30. The first-order chi connectivity index (χ1) is 9.10. The molecule has 0 aromatic carbocycles. The number of fused-ring (bicyclic) bond motifs is 1. The highest BCUT2D eigenvalue weighted by atomic mass is 16.5. The second-order valence-electron chi connectivity index (χ2n) is 4.41. The fraction of sp³-hybridized carbons (Fsp3) is 0.462. The summed E-state index contributed by atoms with van der Waals surface area (Å²) in [4.78, 5) is 28.1. The Morgan fingerprint density at radius 3 is 2.95 bits per heavy atom. The maximum absolute atomic E-state index is 11.4. The molecule has 1 aromatic rings. The Labute approximate surface area is 111 Å². The molecule has 0 amide bonds. The highest BCUT2D eigenvalue weighted by Gasteiger charge is 2.20. The van der Waals surface area contributed by atoms with Crippen molar-refractivity contribution in [3.05, 3.63) is 29.1 Å². The van der Waals surface area contributed by atoms with Crippen LogP contribution in [-0.2, 0) is 22.5 Å². The first kappa shape index (κ1) is 13.5. The van der Waals surface area contributed by atoms with Gasteiger partial charge in [0.1, 0.15) is 5.69 Å². The SMILES string of the molecule is CCOC(=O)CN1CCc2cc(C(=O)O)ncc2C1. The number of carbonyl (C=O) groups excluding carboxylic acids is 1. The molecule has 0 spiro atoms. The van der Waals surface area contributed by atoms with Gasteiger partial charge in [-0.1, -0.05) is 0 Å². The normalized spacial score (nSPS) is 14.8. The molecule has 1 aliphatic rings. The molecule has 19 heavy (non-hydrogen) atoms. The standard InChI is InChI=1S/C13H16N2O4/c1-2-19-12(16)8-15-4-3-9-5-11(13(17)18)14-6-10(9)7-15/h5-6H,2-4,7-8H2,1H3,(H,17,18). The number of hydrogen-bond donors (Lipinski definition) is 1.